The van der Waals surface area contributed by atoms with E-state index in [2.05, 4.69) is 7.05 Å². The molecule has 0 N–H and O–H groups in total. The van der Waals surface area contributed by atoms with Gasteiger partial charge in [0.2, 0.25) is 0 Å². The van der Waals surface area contributed by atoms with E-state index in [4.69, 9.17) is 14.2 Å². The second kappa shape index (κ2) is 4.50. The summed E-state index contributed by atoms with van der Waals surface area (Å²) < 4.78 is 18.6. The van der Waals surface area contributed by atoms with Crippen LogP contribution in [-0.2, 0) is 14.2 Å². The number of hydrogen-bond acceptors (Lipinski definition) is 3. The average molecular weight is 242 g/mol. The Hall–Kier alpha value is -0.160. The molecule has 3 fully saturated rings. The minimum Gasteiger partial charge on any atom is -0.370 e. The van der Waals surface area contributed by atoms with Gasteiger partial charge in [0.15, 0.2) is 5.79 Å². The summed E-state index contributed by atoms with van der Waals surface area (Å²) in [5.41, 5.74) is 0. The van der Waals surface area contributed by atoms with Crippen LogP contribution in [0.3, 0.4) is 0 Å². The van der Waals surface area contributed by atoms with E-state index >= 15 is 0 Å². The fourth-order valence-corrected chi connectivity index (χ4v) is 3.34. The first-order valence-electron chi connectivity index (χ1n) is 6.93. The van der Waals surface area contributed by atoms with Crippen molar-refractivity contribution in [3.63, 3.8) is 0 Å². The molecule has 3 aliphatic rings. The lowest BCUT2D eigenvalue weighted by molar-refractivity contribution is -0.919. The third kappa shape index (κ3) is 2.50. The van der Waals surface area contributed by atoms with Crippen LogP contribution in [0.25, 0.3) is 0 Å². The van der Waals surface area contributed by atoms with Crippen LogP contribution in [0.5, 0.6) is 0 Å². The highest BCUT2D eigenvalue weighted by Crippen LogP contribution is 2.39. The molecule has 98 valence electrons. The van der Waals surface area contributed by atoms with Gasteiger partial charge in [-0.15, -0.1) is 0 Å². The fraction of sp³-hybridized carbons (Fsp3) is 1.00. The lowest BCUT2D eigenvalue weighted by atomic mass is 10.2. The van der Waals surface area contributed by atoms with Crippen molar-refractivity contribution in [3.8, 4) is 0 Å². The molecule has 2 aliphatic heterocycles. The third-order valence-corrected chi connectivity index (χ3v) is 4.47. The van der Waals surface area contributed by atoms with Gasteiger partial charge in [0.05, 0.1) is 26.9 Å². The molecule has 0 aromatic rings. The normalized spacial score (nSPS) is 35.5. The SMILES string of the molecule is C[N+]1(C[C@@H]2COC3(CCCC3)O2)CCOCC1. The van der Waals surface area contributed by atoms with Crippen molar-refractivity contribution in [2.45, 2.75) is 37.6 Å². The molecule has 1 aliphatic carbocycles. The van der Waals surface area contributed by atoms with Crippen LogP contribution in [0.4, 0.5) is 0 Å². The maximum Gasteiger partial charge on any atom is 0.169 e. The number of hydrogen-bond donors (Lipinski definition) is 0. The maximum atomic E-state index is 6.20. The summed E-state index contributed by atoms with van der Waals surface area (Å²) >= 11 is 0. The van der Waals surface area contributed by atoms with Crippen LogP contribution in [0.15, 0.2) is 0 Å². The molecule has 1 saturated carbocycles. The second-order valence-electron chi connectivity index (χ2n) is 6.03. The van der Waals surface area contributed by atoms with E-state index in [0.29, 0.717) is 0 Å². The first kappa shape index (κ1) is 11.9. The molecule has 0 aromatic heterocycles. The Morgan fingerprint density at radius 3 is 2.59 bits per heavy atom. The number of likely N-dealkylation sites (N-methyl/N-ethyl adjacent to an activating group) is 1. The monoisotopic (exact) mass is 242 g/mol. The molecule has 0 bridgehead atoms. The minimum absolute atomic E-state index is 0.198. The van der Waals surface area contributed by atoms with Crippen molar-refractivity contribution in [2.75, 3.05) is 46.5 Å². The predicted molar refractivity (Wildman–Crippen MR) is 63.6 cm³/mol. The van der Waals surface area contributed by atoms with E-state index in [-0.39, 0.29) is 11.9 Å². The molecule has 0 amide bonds. The second-order valence-corrected chi connectivity index (χ2v) is 6.03. The van der Waals surface area contributed by atoms with Gasteiger partial charge in [-0.3, -0.25) is 0 Å². The summed E-state index contributed by atoms with van der Waals surface area (Å²) in [4.78, 5) is 0. The van der Waals surface area contributed by atoms with Gasteiger partial charge >= 0.3 is 0 Å². The highest BCUT2D eigenvalue weighted by molar-refractivity contribution is 4.84. The predicted octanol–water partition coefficient (Wildman–Crippen LogP) is 1.15. The van der Waals surface area contributed by atoms with Gasteiger partial charge in [0.1, 0.15) is 25.7 Å². The van der Waals surface area contributed by atoms with E-state index in [1.807, 2.05) is 0 Å². The third-order valence-electron chi connectivity index (χ3n) is 4.47. The van der Waals surface area contributed by atoms with Crippen LogP contribution in [0, 0.1) is 0 Å². The molecule has 1 spiro atoms. The number of nitrogens with zero attached hydrogens (tertiary/aromatic N) is 1. The molecule has 2 saturated heterocycles. The zero-order chi connectivity index (χ0) is 11.8. The standard InChI is InChI=1S/C13H24NO3/c1-14(6-8-15-9-7-14)10-12-11-16-13(17-12)4-2-3-5-13/h12H,2-11H2,1H3/q+1/t12-/m1/s1. The van der Waals surface area contributed by atoms with Gasteiger partial charge in [0.25, 0.3) is 0 Å². The van der Waals surface area contributed by atoms with Gasteiger partial charge in [-0.1, -0.05) is 0 Å². The first-order chi connectivity index (χ1) is 8.20. The van der Waals surface area contributed by atoms with Gasteiger partial charge in [-0.25, -0.2) is 0 Å². The van der Waals surface area contributed by atoms with Gasteiger partial charge in [-0.05, 0) is 12.8 Å². The Morgan fingerprint density at radius 2 is 1.88 bits per heavy atom. The lowest BCUT2D eigenvalue weighted by Crippen LogP contribution is -2.55. The van der Waals surface area contributed by atoms with Gasteiger partial charge < -0.3 is 18.7 Å². The summed E-state index contributed by atoms with van der Waals surface area (Å²) in [5.74, 6) is -0.198. The maximum absolute atomic E-state index is 6.20. The Bertz CT molecular complexity index is 270. The average Bonchev–Trinajstić information content (AvgIpc) is 2.91. The number of morpholine rings is 1. The Kier molecular flexibility index (Phi) is 3.15. The smallest absolute Gasteiger partial charge is 0.169 e. The van der Waals surface area contributed by atoms with Crippen LogP contribution in [-0.4, -0.2) is 62.9 Å². The molecule has 17 heavy (non-hydrogen) atoms. The van der Waals surface area contributed by atoms with E-state index in [0.717, 1.165) is 56.8 Å². The van der Waals surface area contributed by atoms with Crippen molar-refractivity contribution in [1.29, 1.82) is 0 Å². The van der Waals surface area contributed by atoms with Crippen molar-refractivity contribution < 1.29 is 18.7 Å². The molecule has 0 unspecified atom stereocenters. The number of rotatable bonds is 2. The molecule has 3 rings (SSSR count). The lowest BCUT2D eigenvalue weighted by Gasteiger charge is -2.39. The Balaban J connectivity index is 1.56. The first-order valence-corrected chi connectivity index (χ1v) is 6.93. The van der Waals surface area contributed by atoms with Crippen LogP contribution < -0.4 is 0 Å². The molecule has 2 heterocycles. The molecule has 4 heteroatoms. The molecular formula is C13H24NO3+. The minimum atomic E-state index is -0.198. The summed E-state index contributed by atoms with van der Waals surface area (Å²) in [6, 6.07) is 0. The Labute approximate surface area is 103 Å². The van der Waals surface area contributed by atoms with E-state index in [1.54, 1.807) is 0 Å². The van der Waals surface area contributed by atoms with Crippen LogP contribution >= 0.6 is 0 Å². The fourth-order valence-electron chi connectivity index (χ4n) is 3.34. The molecule has 0 aromatic carbocycles. The largest absolute Gasteiger partial charge is 0.370 e. The summed E-state index contributed by atoms with van der Waals surface area (Å²) in [6.45, 7) is 5.84. The molecular weight excluding hydrogens is 218 g/mol. The van der Waals surface area contributed by atoms with Gasteiger partial charge in [0, 0.05) is 12.8 Å². The topological polar surface area (TPSA) is 27.7 Å². The van der Waals surface area contributed by atoms with Crippen LogP contribution in [0.1, 0.15) is 25.7 Å². The van der Waals surface area contributed by atoms with Crippen molar-refractivity contribution in [3.05, 3.63) is 0 Å². The number of quaternary nitrogens is 1. The highest BCUT2D eigenvalue weighted by Gasteiger charge is 2.45. The highest BCUT2D eigenvalue weighted by atomic mass is 16.7. The van der Waals surface area contributed by atoms with Crippen LogP contribution in [0.2, 0.25) is 0 Å². The number of ether oxygens (including phenoxy) is 3. The molecule has 1 atom stereocenters. The summed E-state index contributed by atoms with van der Waals surface area (Å²) in [6.07, 6.45) is 4.99. The summed E-state index contributed by atoms with van der Waals surface area (Å²) in [5, 5.41) is 0. The van der Waals surface area contributed by atoms with E-state index in [1.165, 1.54) is 12.8 Å². The van der Waals surface area contributed by atoms with Crippen molar-refractivity contribution >= 4 is 0 Å². The zero-order valence-electron chi connectivity index (χ0n) is 10.8. The van der Waals surface area contributed by atoms with Gasteiger partial charge in [-0.2, -0.15) is 0 Å². The zero-order valence-corrected chi connectivity index (χ0v) is 10.8. The van der Waals surface area contributed by atoms with E-state index in [9.17, 15) is 0 Å². The molecule has 0 radical (unpaired) electrons. The Morgan fingerprint density at radius 1 is 1.18 bits per heavy atom. The summed E-state index contributed by atoms with van der Waals surface area (Å²) in [7, 11) is 2.31. The van der Waals surface area contributed by atoms with Crippen molar-refractivity contribution in [2.24, 2.45) is 0 Å². The van der Waals surface area contributed by atoms with Crippen molar-refractivity contribution in [1.82, 2.24) is 0 Å². The molecule has 4 nitrogen and oxygen atoms in total. The van der Waals surface area contributed by atoms with E-state index < -0.39 is 0 Å². The quantitative estimate of drug-likeness (QED) is 0.680.